The smallest absolute Gasteiger partial charge is 0.270 e. The van der Waals surface area contributed by atoms with Crippen LogP contribution in [0.4, 0.5) is 5.13 Å². The molecular weight excluding hydrogens is 352 g/mol. The molecule has 10 heteroatoms. The van der Waals surface area contributed by atoms with Crippen LogP contribution in [0.1, 0.15) is 31.9 Å². The van der Waals surface area contributed by atoms with Crippen molar-refractivity contribution in [3.05, 3.63) is 29.8 Å². The van der Waals surface area contributed by atoms with Crippen molar-refractivity contribution in [2.45, 2.75) is 30.6 Å². The number of amides is 1. The largest absolute Gasteiger partial charge is 0.497 e. The van der Waals surface area contributed by atoms with E-state index in [4.69, 9.17) is 4.74 Å². The van der Waals surface area contributed by atoms with Crippen molar-refractivity contribution in [1.29, 1.82) is 0 Å². The van der Waals surface area contributed by atoms with Gasteiger partial charge in [0, 0.05) is 12.5 Å². The summed E-state index contributed by atoms with van der Waals surface area (Å²) in [4.78, 5) is 11.3. The minimum atomic E-state index is -3.83. The molecule has 1 aromatic heterocycles. The molecule has 1 amide bonds. The summed E-state index contributed by atoms with van der Waals surface area (Å²) in [6.07, 6.45) is 0.272. The highest BCUT2D eigenvalue weighted by Gasteiger charge is 2.23. The summed E-state index contributed by atoms with van der Waals surface area (Å²) in [6.45, 7) is 3.41. The maximum absolute atomic E-state index is 12.4. The lowest BCUT2D eigenvalue weighted by atomic mass is 10.1. The maximum Gasteiger partial charge on any atom is 0.270 e. The second-order valence-electron chi connectivity index (χ2n) is 4.89. The Morgan fingerprint density at radius 2 is 1.96 bits per heavy atom. The van der Waals surface area contributed by atoms with Crippen molar-refractivity contribution in [2.75, 3.05) is 12.4 Å². The van der Waals surface area contributed by atoms with E-state index in [0.717, 1.165) is 16.9 Å². The lowest BCUT2D eigenvalue weighted by Crippen LogP contribution is -2.26. The molecule has 0 saturated heterocycles. The number of anilines is 1. The molecule has 0 radical (unpaired) electrons. The monoisotopic (exact) mass is 370 g/mol. The highest BCUT2D eigenvalue weighted by Crippen LogP contribution is 2.23. The van der Waals surface area contributed by atoms with Crippen LogP contribution in [0.15, 0.2) is 28.6 Å². The summed E-state index contributed by atoms with van der Waals surface area (Å²) in [6, 6.07) is 6.60. The van der Waals surface area contributed by atoms with Crippen LogP contribution in [0, 0.1) is 0 Å². The Hall–Kier alpha value is -2.04. The fourth-order valence-corrected chi connectivity index (χ4v) is 3.98. The number of methoxy groups -OCH3 is 1. The number of ether oxygens (including phenoxy) is 1. The Kier molecular flexibility index (Phi) is 5.86. The number of carbonyl (C=O) groups excluding carboxylic acids is 1. The van der Waals surface area contributed by atoms with Crippen LogP contribution in [-0.4, -0.2) is 31.6 Å². The number of sulfonamides is 1. The first-order valence-corrected chi connectivity index (χ1v) is 9.45. The third-order valence-electron chi connectivity index (χ3n) is 3.15. The number of rotatable bonds is 7. The van der Waals surface area contributed by atoms with Crippen molar-refractivity contribution in [1.82, 2.24) is 14.9 Å². The Balaban J connectivity index is 2.10. The van der Waals surface area contributed by atoms with Crippen molar-refractivity contribution in [3.8, 4) is 5.75 Å². The van der Waals surface area contributed by atoms with Crippen LogP contribution in [0.2, 0.25) is 0 Å². The Bertz CT molecular complexity index is 802. The quantitative estimate of drug-likeness (QED) is 0.721. The molecule has 0 saturated carbocycles. The van der Waals surface area contributed by atoms with Crippen LogP contribution < -0.4 is 14.8 Å². The molecule has 8 nitrogen and oxygen atoms in total. The fourth-order valence-electron chi connectivity index (χ4n) is 1.82. The van der Waals surface area contributed by atoms with Crippen LogP contribution in [0.25, 0.3) is 0 Å². The zero-order chi connectivity index (χ0) is 17.7. The van der Waals surface area contributed by atoms with Crippen LogP contribution in [-0.2, 0) is 14.8 Å². The standard InChI is InChI=1S/C14H18N4O4S2/c1-4-12(19)15-13-16-17-14(23-13)24(20,21)18-9(2)10-5-7-11(22-3)8-6-10/h5-9,18H,4H2,1-3H3,(H,15,16,19)/t9-/m0/s1. The van der Waals surface area contributed by atoms with Gasteiger partial charge in [0.15, 0.2) is 0 Å². The minimum absolute atomic E-state index is 0.152. The Morgan fingerprint density at radius 1 is 1.29 bits per heavy atom. The lowest BCUT2D eigenvalue weighted by molar-refractivity contribution is -0.115. The van der Waals surface area contributed by atoms with Gasteiger partial charge in [0.25, 0.3) is 10.0 Å². The summed E-state index contributed by atoms with van der Waals surface area (Å²) in [7, 11) is -2.27. The number of hydrogen-bond donors (Lipinski definition) is 2. The molecule has 0 unspecified atom stereocenters. The molecule has 24 heavy (non-hydrogen) atoms. The predicted molar refractivity (Wildman–Crippen MR) is 90.6 cm³/mol. The predicted octanol–water partition coefficient (Wildman–Crippen LogP) is 1.93. The zero-order valence-corrected chi connectivity index (χ0v) is 15.1. The molecule has 1 aromatic carbocycles. The molecule has 0 aliphatic rings. The van der Waals surface area contributed by atoms with Gasteiger partial charge in [-0.25, -0.2) is 13.1 Å². The van der Waals surface area contributed by atoms with Crippen LogP contribution >= 0.6 is 11.3 Å². The van der Waals surface area contributed by atoms with Crippen molar-refractivity contribution in [2.24, 2.45) is 0 Å². The van der Waals surface area contributed by atoms with E-state index in [0.29, 0.717) is 5.75 Å². The zero-order valence-electron chi connectivity index (χ0n) is 13.4. The molecule has 130 valence electrons. The molecule has 1 atom stereocenters. The van der Waals surface area contributed by atoms with Gasteiger partial charge in [0.1, 0.15) is 5.75 Å². The van der Waals surface area contributed by atoms with Crippen molar-refractivity contribution in [3.63, 3.8) is 0 Å². The molecule has 0 spiro atoms. The van der Waals surface area contributed by atoms with Gasteiger partial charge in [-0.3, -0.25) is 4.79 Å². The van der Waals surface area contributed by atoms with E-state index >= 15 is 0 Å². The molecular formula is C14H18N4O4S2. The van der Waals surface area contributed by atoms with E-state index in [9.17, 15) is 13.2 Å². The van der Waals surface area contributed by atoms with Crippen LogP contribution in [0.5, 0.6) is 5.75 Å². The van der Waals surface area contributed by atoms with Gasteiger partial charge in [0.2, 0.25) is 15.4 Å². The van der Waals surface area contributed by atoms with E-state index in [2.05, 4.69) is 20.2 Å². The highest BCUT2D eigenvalue weighted by atomic mass is 32.2. The van der Waals surface area contributed by atoms with Crippen molar-refractivity contribution >= 4 is 32.4 Å². The average molecular weight is 370 g/mol. The third-order valence-corrected chi connectivity index (χ3v) is 5.90. The van der Waals surface area contributed by atoms with Gasteiger partial charge in [0.05, 0.1) is 7.11 Å². The number of carbonyl (C=O) groups is 1. The van der Waals surface area contributed by atoms with Crippen LogP contribution in [0.3, 0.4) is 0 Å². The Morgan fingerprint density at radius 3 is 2.54 bits per heavy atom. The molecule has 2 aromatic rings. The maximum atomic E-state index is 12.4. The summed E-state index contributed by atoms with van der Waals surface area (Å²) in [5.41, 5.74) is 0.781. The molecule has 0 aliphatic carbocycles. The van der Waals surface area contributed by atoms with Gasteiger partial charge in [-0.15, -0.1) is 10.2 Å². The number of nitrogens with one attached hydrogen (secondary N) is 2. The second kappa shape index (κ2) is 7.69. The summed E-state index contributed by atoms with van der Waals surface area (Å²) >= 11 is 0.802. The Labute approximate surface area is 144 Å². The molecule has 2 N–H and O–H groups in total. The normalized spacial score (nSPS) is 12.6. The van der Waals surface area contributed by atoms with Gasteiger partial charge < -0.3 is 10.1 Å². The SMILES string of the molecule is CCC(=O)Nc1nnc(S(=O)(=O)N[C@@H](C)c2ccc(OC)cc2)s1. The molecule has 0 bridgehead atoms. The number of aromatic nitrogens is 2. The lowest BCUT2D eigenvalue weighted by Gasteiger charge is -2.13. The number of nitrogens with zero attached hydrogens (tertiary/aromatic N) is 2. The summed E-state index contributed by atoms with van der Waals surface area (Å²) in [5, 5.41) is 9.94. The average Bonchev–Trinajstić information content (AvgIpc) is 3.03. The fraction of sp³-hybridized carbons (Fsp3) is 0.357. The minimum Gasteiger partial charge on any atom is -0.497 e. The second-order valence-corrected chi connectivity index (χ2v) is 7.76. The van der Waals surface area contributed by atoms with Gasteiger partial charge in [-0.2, -0.15) is 0 Å². The van der Waals surface area contributed by atoms with Crippen molar-refractivity contribution < 1.29 is 17.9 Å². The third kappa shape index (κ3) is 4.49. The number of hydrogen-bond acceptors (Lipinski definition) is 7. The first-order valence-electron chi connectivity index (χ1n) is 7.15. The van der Waals surface area contributed by atoms with E-state index in [-0.39, 0.29) is 21.8 Å². The van der Waals surface area contributed by atoms with E-state index < -0.39 is 16.1 Å². The molecule has 0 fully saturated rings. The molecule has 2 rings (SSSR count). The van der Waals surface area contributed by atoms with E-state index in [1.807, 2.05) is 0 Å². The summed E-state index contributed by atoms with van der Waals surface area (Å²) < 4.78 is 32.1. The van der Waals surface area contributed by atoms with Gasteiger partial charge in [-0.05, 0) is 24.6 Å². The van der Waals surface area contributed by atoms with Gasteiger partial charge in [-0.1, -0.05) is 30.4 Å². The van der Waals surface area contributed by atoms with E-state index in [1.165, 1.54) is 0 Å². The molecule has 1 heterocycles. The first kappa shape index (κ1) is 18.3. The van der Waals surface area contributed by atoms with Gasteiger partial charge >= 0.3 is 0 Å². The summed E-state index contributed by atoms with van der Waals surface area (Å²) in [5.74, 6) is 0.434. The molecule has 0 aliphatic heterocycles. The van der Waals surface area contributed by atoms with E-state index in [1.54, 1.807) is 45.2 Å². The number of benzene rings is 1. The topological polar surface area (TPSA) is 110 Å². The highest BCUT2D eigenvalue weighted by molar-refractivity contribution is 7.91. The first-order chi connectivity index (χ1) is 11.4.